The highest BCUT2D eigenvalue weighted by Crippen LogP contribution is 2.10. The molecule has 0 saturated carbocycles. The van der Waals surface area contributed by atoms with E-state index in [0.717, 1.165) is 6.07 Å². The fourth-order valence-electron chi connectivity index (χ4n) is 1.86. The zero-order valence-electron chi connectivity index (χ0n) is 13.3. The monoisotopic (exact) mass is 331 g/mol. The Balaban J connectivity index is 1.67. The first-order valence-corrected chi connectivity index (χ1v) is 7.44. The van der Waals surface area contributed by atoms with Gasteiger partial charge in [0.25, 0.3) is 5.91 Å². The third-order valence-electron chi connectivity index (χ3n) is 3.18. The van der Waals surface area contributed by atoms with Crippen molar-refractivity contribution in [1.29, 1.82) is 0 Å². The number of hydrogen-bond acceptors (Lipinski definition) is 4. The van der Waals surface area contributed by atoms with Gasteiger partial charge in [-0.2, -0.15) is 0 Å². The Morgan fingerprint density at radius 2 is 1.88 bits per heavy atom. The van der Waals surface area contributed by atoms with Crippen molar-refractivity contribution in [3.8, 4) is 5.75 Å². The molecule has 0 aliphatic heterocycles. The molecule has 5 nitrogen and oxygen atoms in total. The van der Waals surface area contributed by atoms with E-state index in [-0.39, 0.29) is 12.1 Å². The van der Waals surface area contributed by atoms with Crippen molar-refractivity contribution >= 4 is 11.9 Å². The predicted molar refractivity (Wildman–Crippen MR) is 86.4 cm³/mol. The Hall–Kier alpha value is -2.89. The van der Waals surface area contributed by atoms with Crippen LogP contribution in [0.4, 0.5) is 4.39 Å². The molecule has 0 aliphatic rings. The Labute approximate surface area is 139 Å². The van der Waals surface area contributed by atoms with E-state index in [0.29, 0.717) is 17.9 Å². The second-order valence-electron chi connectivity index (χ2n) is 5.05. The number of carbonyl (C=O) groups is 2. The number of nitrogens with one attached hydrogen (secondary N) is 1. The van der Waals surface area contributed by atoms with Crippen LogP contribution < -0.4 is 10.1 Å². The molecule has 0 bridgehead atoms. The third kappa shape index (κ3) is 5.39. The molecule has 0 aromatic heterocycles. The van der Waals surface area contributed by atoms with Crippen LogP contribution in [-0.4, -0.2) is 31.6 Å². The molecule has 0 spiro atoms. The molecule has 0 atom stereocenters. The molecule has 24 heavy (non-hydrogen) atoms. The van der Waals surface area contributed by atoms with Gasteiger partial charge in [-0.1, -0.05) is 24.3 Å². The highest BCUT2D eigenvalue weighted by atomic mass is 19.1. The molecule has 6 heteroatoms. The molecule has 0 aliphatic carbocycles. The van der Waals surface area contributed by atoms with Gasteiger partial charge in [0, 0.05) is 0 Å². The largest absolute Gasteiger partial charge is 0.492 e. The Kier molecular flexibility index (Phi) is 6.31. The van der Waals surface area contributed by atoms with Crippen molar-refractivity contribution in [2.24, 2.45) is 0 Å². The van der Waals surface area contributed by atoms with E-state index in [1.54, 1.807) is 6.92 Å². The number of rotatable bonds is 7. The molecule has 1 amide bonds. The number of aryl methyl sites for hydroxylation is 1. The molecular formula is C18H18FNO4. The summed E-state index contributed by atoms with van der Waals surface area (Å²) in [5.41, 5.74) is 0.501. The summed E-state index contributed by atoms with van der Waals surface area (Å²) in [6.07, 6.45) is 0. The van der Waals surface area contributed by atoms with Crippen LogP contribution in [0.2, 0.25) is 0 Å². The van der Waals surface area contributed by atoms with Crippen LogP contribution in [0.1, 0.15) is 15.9 Å². The molecule has 0 heterocycles. The van der Waals surface area contributed by atoms with Gasteiger partial charge in [0.15, 0.2) is 6.61 Å². The smallest absolute Gasteiger partial charge is 0.338 e. The van der Waals surface area contributed by atoms with Gasteiger partial charge in [0.05, 0.1) is 12.1 Å². The van der Waals surface area contributed by atoms with Gasteiger partial charge in [-0.15, -0.1) is 0 Å². The van der Waals surface area contributed by atoms with E-state index in [4.69, 9.17) is 9.47 Å². The number of halogens is 1. The molecule has 0 unspecified atom stereocenters. The van der Waals surface area contributed by atoms with Crippen LogP contribution in [0.25, 0.3) is 0 Å². The highest BCUT2D eigenvalue weighted by Gasteiger charge is 2.11. The number of esters is 1. The minimum absolute atomic E-state index is 0.0679. The first kappa shape index (κ1) is 17.5. The maximum Gasteiger partial charge on any atom is 0.338 e. The van der Waals surface area contributed by atoms with Gasteiger partial charge in [-0.05, 0) is 36.8 Å². The number of benzene rings is 2. The molecule has 1 N–H and O–H groups in total. The van der Waals surface area contributed by atoms with Crippen molar-refractivity contribution in [2.45, 2.75) is 6.92 Å². The maximum absolute atomic E-state index is 13.4. The van der Waals surface area contributed by atoms with Gasteiger partial charge in [0.1, 0.15) is 18.2 Å². The number of para-hydroxylation sites is 1. The van der Waals surface area contributed by atoms with Gasteiger partial charge in [-0.25, -0.2) is 9.18 Å². The molecular weight excluding hydrogens is 313 g/mol. The van der Waals surface area contributed by atoms with Crippen LogP contribution >= 0.6 is 0 Å². The highest BCUT2D eigenvalue weighted by molar-refractivity contribution is 5.91. The van der Waals surface area contributed by atoms with E-state index in [1.807, 2.05) is 30.3 Å². The predicted octanol–water partition coefficient (Wildman–Crippen LogP) is 2.49. The van der Waals surface area contributed by atoms with Crippen molar-refractivity contribution in [3.05, 3.63) is 65.5 Å². The van der Waals surface area contributed by atoms with Crippen molar-refractivity contribution in [1.82, 2.24) is 5.32 Å². The normalized spacial score (nSPS) is 10.1. The lowest BCUT2D eigenvalue weighted by Crippen LogP contribution is -2.32. The minimum atomic E-state index is -0.746. The summed E-state index contributed by atoms with van der Waals surface area (Å²) in [4.78, 5) is 23.3. The molecule has 2 aromatic rings. The molecule has 2 rings (SSSR count). The van der Waals surface area contributed by atoms with E-state index in [1.165, 1.54) is 12.1 Å². The molecule has 126 valence electrons. The van der Waals surface area contributed by atoms with Crippen molar-refractivity contribution in [2.75, 3.05) is 19.8 Å². The Morgan fingerprint density at radius 3 is 2.58 bits per heavy atom. The van der Waals surface area contributed by atoms with E-state index < -0.39 is 24.3 Å². The fourth-order valence-corrected chi connectivity index (χ4v) is 1.86. The first-order valence-electron chi connectivity index (χ1n) is 7.44. The molecule has 2 aromatic carbocycles. The van der Waals surface area contributed by atoms with E-state index in [9.17, 15) is 14.0 Å². The van der Waals surface area contributed by atoms with Gasteiger partial charge in [0.2, 0.25) is 0 Å². The SMILES string of the molecule is Cc1ccc(C(=O)OCC(=O)NCCOc2ccccc2)cc1F. The molecule has 0 saturated heterocycles. The lowest BCUT2D eigenvalue weighted by molar-refractivity contribution is -0.124. The zero-order valence-corrected chi connectivity index (χ0v) is 13.3. The van der Waals surface area contributed by atoms with Crippen molar-refractivity contribution in [3.63, 3.8) is 0 Å². The van der Waals surface area contributed by atoms with Gasteiger partial charge >= 0.3 is 5.97 Å². The van der Waals surface area contributed by atoms with E-state index in [2.05, 4.69) is 5.32 Å². The number of amides is 1. The lowest BCUT2D eigenvalue weighted by atomic mass is 10.1. The molecule has 0 fully saturated rings. The number of carbonyl (C=O) groups excluding carboxylic acids is 2. The average Bonchev–Trinajstić information content (AvgIpc) is 2.60. The van der Waals surface area contributed by atoms with Crippen LogP contribution in [-0.2, 0) is 9.53 Å². The van der Waals surface area contributed by atoms with Crippen LogP contribution in [0.5, 0.6) is 5.75 Å². The molecule has 0 radical (unpaired) electrons. The van der Waals surface area contributed by atoms with E-state index >= 15 is 0 Å². The van der Waals surface area contributed by atoms with Gasteiger partial charge < -0.3 is 14.8 Å². The summed E-state index contributed by atoms with van der Waals surface area (Å²) >= 11 is 0. The summed E-state index contributed by atoms with van der Waals surface area (Å²) in [5.74, 6) is -0.983. The van der Waals surface area contributed by atoms with Crippen molar-refractivity contribution < 1.29 is 23.5 Å². The summed E-state index contributed by atoms with van der Waals surface area (Å²) in [6, 6.07) is 13.2. The lowest BCUT2D eigenvalue weighted by Gasteiger charge is -2.08. The third-order valence-corrected chi connectivity index (χ3v) is 3.18. The summed E-state index contributed by atoms with van der Waals surface area (Å²) < 4.78 is 23.6. The van der Waals surface area contributed by atoms with Gasteiger partial charge in [-0.3, -0.25) is 4.79 Å². The number of hydrogen-bond donors (Lipinski definition) is 1. The van der Waals surface area contributed by atoms with Crippen LogP contribution in [0, 0.1) is 12.7 Å². The zero-order chi connectivity index (χ0) is 17.4. The standard InChI is InChI=1S/C18H18FNO4/c1-13-7-8-14(11-16(13)19)18(22)24-12-17(21)20-9-10-23-15-5-3-2-4-6-15/h2-8,11H,9-10,12H2,1H3,(H,20,21). The second kappa shape index (κ2) is 8.67. The summed E-state index contributed by atoms with van der Waals surface area (Å²) in [6.45, 7) is 1.74. The summed E-state index contributed by atoms with van der Waals surface area (Å²) in [5, 5.41) is 2.56. The number of ether oxygens (including phenoxy) is 2. The fraction of sp³-hybridized carbons (Fsp3) is 0.222. The van der Waals surface area contributed by atoms with Crippen LogP contribution in [0.3, 0.4) is 0 Å². The van der Waals surface area contributed by atoms with Crippen LogP contribution in [0.15, 0.2) is 48.5 Å². The minimum Gasteiger partial charge on any atom is -0.492 e. The summed E-state index contributed by atoms with van der Waals surface area (Å²) in [7, 11) is 0. The quantitative estimate of drug-likeness (QED) is 0.625. The average molecular weight is 331 g/mol. The Bertz CT molecular complexity index is 703. The second-order valence-corrected chi connectivity index (χ2v) is 5.05. The first-order chi connectivity index (χ1) is 11.6. The topological polar surface area (TPSA) is 64.6 Å². The maximum atomic E-state index is 13.4. The Morgan fingerprint density at radius 1 is 1.12 bits per heavy atom.